The van der Waals surface area contributed by atoms with Crippen molar-refractivity contribution in [1.82, 2.24) is 19.3 Å². The molecule has 0 atom stereocenters. The first-order valence-electron chi connectivity index (χ1n) is 6.97. The van der Waals surface area contributed by atoms with Gasteiger partial charge in [0.25, 0.3) is 0 Å². The Morgan fingerprint density at radius 2 is 2.00 bits per heavy atom. The first-order chi connectivity index (χ1) is 10.0. The first kappa shape index (κ1) is 14.1. The second kappa shape index (κ2) is 5.52. The summed E-state index contributed by atoms with van der Waals surface area (Å²) in [5.41, 5.74) is 10.3. The molecule has 1 aromatic carbocycles. The third-order valence-corrected chi connectivity index (χ3v) is 4.09. The molecule has 110 valence electrons. The minimum Gasteiger partial charge on any atom is -0.369 e. The summed E-state index contributed by atoms with van der Waals surface area (Å²) < 4.78 is 5.12. The number of aryl methyl sites for hydroxylation is 4. The van der Waals surface area contributed by atoms with Crippen LogP contribution in [0.3, 0.4) is 0 Å². The molecule has 0 unspecified atom stereocenters. The van der Waals surface area contributed by atoms with E-state index in [1.165, 1.54) is 5.69 Å². The molecule has 0 aliphatic carbocycles. The van der Waals surface area contributed by atoms with Gasteiger partial charge in [-0.25, -0.2) is 4.98 Å². The number of fused-ring (bicyclic) bond motifs is 1. The van der Waals surface area contributed by atoms with Crippen LogP contribution in [0.15, 0.2) is 28.7 Å². The Balaban J connectivity index is 1.76. The fourth-order valence-electron chi connectivity index (χ4n) is 2.64. The molecule has 3 rings (SSSR count). The Morgan fingerprint density at radius 3 is 2.71 bits per heavy atom. The van der Waals surface area contributed by atoms with Gasteiger partial charge in [0.05, 0.1) is 16.7 Å². The zero-order valence-corrected chi connectivity index (χ0v) is 13.8. The Hall–Kier alpha value is -1.82. The molecular formula is C15H18BrN5. The molecule has 0 saturated carbocycles. The van der Waals surface area contributed by atoms with Gasteiger partial charge in [-0.1, -0.05) is 15.9 Å². The molecule has 0 fully saturated rings. The molecule has 2 heterocycles. The van der Waals surface area contributed by atoms with E-state index >= 15 is 0 Å². The maximum atomic E-state index is 6.03. The van der Waals surface area contributed by atoms with Crippen molar-refractivity contribution in [1.29, 1.82) is 0 Å². The molecule has 0 amide bonds. The van der Waals surface area contributed by atoms with Crippen molar-refractivity contribution in [3.05, 3.63) is 40.1 Å². The van der Waals surface area contributed by atoms with E-state index in [2.05, 4.69) is 43.6 Å². The number of nitrogen functional groups attached to an aromatic ring is 1. The third-order valence-electron chi connectivity index (χ3n) is 3.59. The van der Waals surface area contributed by atoms with E-state index < -0.39 is 0 Å². The second-order valence-electron chi connectivity index (χ2n) is 5.26. The monoisotopic (exact) mass is 347 g/mol. The molecule has 0 spiro atoms. The summed E-state index contributed by atoms with van der Waals surface area (Å²) in [5, 5.41) is 4.48. The van der Waals surface area contributed by atoms with Crippen LogP contribution < -0.4 is 5.73 Å². The van der Waals surface area contributed by atoms with Gasteiger partial charge in [0.15, 0.2) is 0 Å². The van der Waals surface area contributed by atoms with E-state index in [-0.39, 0.29) is 0 Å². The summed E-state index contributed by atoms with van der Waals surface area (Å²) in [7, 11) is 0. The summed E-state index contributed by atoms with van der Waals surface area (Å²) in [6.45, 7) is 5.82. The van der Waals surface area contributed by atoms with Crippen molar-refractivity contribution in [3.8, 4) is 0 Å². The summed E-state index contributed by atoms with van der Waals surface area (Å²) in [6.07, 6.45) is 0.966. The molecule has 0 aliphatic heterocycles. The summed E-state index contributed by atoms with van der Waals surface area (Å²) in [6, 6.07) is 8.15. The number of nitrogens with two attached hydrogens (primary N) is 1. The number of hydrogen-bond acceptors (Lipinski definition) is 3. The number of halogens is 1. The van der Waals surface area contributed by atoms with E-state index in [0.717, 1.165) is 40.7 Å². The average Bonchev–Trinajstić information content (AvgIpc) is 2.89. The standard InChI is InChI=1S/C15H18BrN5/c1-10-8-11(2)21(19-10)7-3-6-20-14-5-4-12(16)9-13(14)18-15(20)17/h4-5,8-9H,3,6-7H2,1-2H3,(H2,17,18). The number of anilines is 1. The summed E-state index contributed by atoms with van der Waals surface area (Å²) in [5.74, 6) is 0.566. The Kier molecular flexibility index (Phi) is 3.71. The van der Waals surface area contributed by atoms with Crippen molar-refractivity contribution in [3.63, 3.8) is 0 Å². The predicted octanol–water partition coefficient (Wildman–Crippen LogP) is 3.28. The predicted molar refractivity (Wildman–Crippen MR) is 88.2 cm³/mol. The zero-order chi connectivity index (χ0) is 15.0. The molecular weight excluding hydrogens is 330 g/mol. The normalized spacial score (nSPS) is 11.4. The highest BCUT2D eigenvalue weighted by atomic mass is 79.9. The van der Waals surface area contributed by atoms with Gasteiger partial charge in [-0.2, -0.15) is 5.10 Å². The SMILES string of the molecule is Cc1cc(C)n(CCCn2c(N)nc3cc(Br)ccc32)n1. The van der Waals surface area contributed by atoms with Crippen LogP contribution in [0.25, 0.3) is 11.0 Å². The van der Waals surface area contributed by atoms with Crippen LogP contribution in [0.2, 0.25) is 0 Å². The van der Waals surface area contributed by atoms with Gasteiger partial charge >= 0.3 is 0 Å². The maximum absolute atomic E-state index is 6.03. The lowest BCUT2D eigenvalue weighted by Gasteiger charge is -2.08. The number of nitrogens with zero attached hydrogens (tertiary/aromatic N) is 4. The minimum atomic E-state index is 0.566. The van der Waals surface area contributed by atoms with E-state index in [1.807, 2.05) is 29.8 Å². The smallest absolute Gasteiger partial charge is 0.201 e. The lowest BCUT2D eigenvalue weighted by atomic mass is 10.3. The fraction of sp³-hybridized carbons (Fsp3) is 0.333. The molecule has 3 aromatic rings. The number of benzene rings is 1. The van der Waals surface area contributed by atoms with Gasteiger partial charge < -0.3 is 10.3 Å². The first-order valence-corrected chi connectivity index (χ1v) is 7.76. The summed E-state index contributed by atoms with van der Waals surface area (Å²) in [4.78, 5) is 4.41. The van der Waals surface area contributed by atoms with E-state index in [0.29, 0.717) is 5.95 Å². The Morgan fingerprint density at radius 1 is 1.19 bits per heavy atom. The molecule has 5 nitrogen and oxygen atoms in total. The lowest BCUT2D eigenvalue weighted by Crippen LogP contribution is -2.08. The highest BCUT2D eigenvalue weighted by molar-refractivity contribution is 9.10. The number of hydrogen-bond donors (Lipinski definition) is 1. The van der Waals surface area contributed by atoms with Crippen molar-refractivity contribution in [2.24, 2.45) is 0 Å². The second-order valence-corrected chi connectivity index (χ2v) is 6.17. The van der Waals surface area contributed by atoms with Gasteiger partial charge in [0, 0.05) is 23.3 Å². The third kappa shape index (κ3) is 2.81. The molecule has 21 heavy (non-hydrogen) atoms. The van der Waals surface area contributed by atoms with Gasteiger partial charge in [0.2, 0.25) is 5.95 Å². The van der Waals surface area contributed by atoms with E-state index in [4.69, 9.17) is 5.73 Å². The highest BCUT2D eigenvalue weighted by Gasteiger charge is 2.08. The van der Waals surface area contributed by atoms with Crippen molar-refractivity contribution < 1.29 is 0 Å². The van der Waals surface area contributed by atoms with Gasteiger partial charge in [-0.3, -0.25) is 4.68 Å². The molecule has 6 heteroatoms. The van der Waals surface area contributed by atoms with Crippen LogP contribution in [0.5, 0.6) is 0 Å². The van der Waals surface area contributed by atoms with Crippen LogP contribution in [0.1, 0.15) is 17.8 Å². The van der Waals surface area contributed by atoms with Crippen LogP contribution in [0, 0.1) is 13.8 Å². The summed E-state index contributed by atoms with van der Waals surface area (Å²) >= 11 is 3.46. The largest absolute Gasteiger partial charge is 0.369 e. The maximum Gasteiger partial charge on any atom is 0.201 e. The molecule has 2 aromatic heterocycles. The van der Waals surface area contributed by atoms with Crippen molar-refractivity contribution in [2.75, 3.05) is 5.73 Å². The quantitative estimate of drug-likeness (QED) is 0.787. The van der Waals surface area contributed by atoms with Crippen LogP contribution in [-0.4, -0.2) is 19.3 Å². The van der Waals surface area contributed by atoms with Gasteiger partial charge in [-0.15, -0.1) is 0 Å². The van der Waals surface area contributed by atoms with Crippen LogP contribution >= 0.6 is 15.9 Å². The fourth-order valence-corrected chi connectivity index (χ4v) is 2.99. The number of rotatable bonds is 4. The number of imidazole rings is 1. The lowest BCUT2D eigenvalue weighted by molar-refractivity contribution is 0.523. The van der Waals surface area contributed by atoms with Crippen molar-refractivity contribution in [2.45, 2.75) is 33.4 Å². The molecule has 0 aliphatic rings. The van der Waals surface area contributed by atoms with Gasteiger partial charge in [0.1, 0.15) is 0 Å². The average molecular weight is 348 g/mol. The Bertz CT molecular complexity index is 787. The topological polar surface area (TPSA) is 61.7 Å². The highest BCUT2D eigenvalue weighted by Crippen LogP contribution is 2.22. The van der Waals surface area contributed by atoms with Gasteiger partial charge in [-0.05, 0) is 44.5 Å². The molecule has 0 saturated heterocycles. The molecule has 2 N–H and O–H groups in total. The van der Waals surface area contributed by atoms with E-state index in [1.54, 1.807) is 0 Å². The van der Waals surface area contributed by atoms with E-state index in [9.17, 15) is 0 Å². The van der Waals surface area contributed by atoms with Crippen LogP contribution in [-0.2, 0) is 13.1 Å². The minimum absolute atomic E-state index is 0.566. The van der Waals surface area contributed by atoms with Crippen LogP contribution in [0.4, 0.5) is 5.95 Å². The van der Waals surface area contributed by atoms with Crippen molar-refractivity contribution >= 4 is 32.9 Å². The number of aromatic nitrogens is 4. The zero-order valence-electron chi connectivity index (χ0n) is 12.2. The molecule has 0 bridgehead atoms. The Labute approximate surface area is 131 Å². The molecule has 0 radical (unpaired) electrons.